The molecule has 1 aromatic carbocycles. The van der Waals surface area contributed by atoms with Crippen molar-refractivity contribution in [2.24, 2.45) is 0 Å². The molecule has 2 amide bonds. The SMILES string of the molecule is C=C/C=C(\C=C/C)C[C@](NC(=O)NC)(c1cccc(OC(F)(F)C(F)F)c1)c1ccc(O)cn1. The maximum Gasteiger partial charge on any atom is 0.461 e. The highest BCUT2D eigenvalue weighted by molar-refractivity contribution is 5.75. The third kappa shape index (κ3) is 6.37. The molecule has 2 aromatic rings. The summed E-state index contributed by atoms with van der Waals surface area (Å²) < 4.78 is 56.8. The Morgan fingerprint density at radius 3 is 2.59 bits per heavy atom. The molecule has 34 heavy (non-hydrogen) atoms. The molecule has 0 saturated heterocycles. The molecule has 0 fully saturated rings. The molecule has 0 aliphatic heterocycles. The van der Waals surface area contributed by atoms with E-state index in [0.717, 1.165) is 18.3 Å². The van der Waals surface area contributed by atoms with Crippen molar-refractivity contribution in [3.8, 4) is 11.5 Å². The maximum absolute atomic E-state index is 13.6. The molecule has 182 valence electrons. The van der Waals surface area contributed by atoms with Crippen LogP contribution >= 0.6 is 0 Å². The fourth-order valence-electron chi connectivity index (χ4n) is 3.29. The Labute approximate surface area is 194 Å². The van der Waals surface area contributed by atoms with Gasteiger partial charge in [-0.15, -0.1) is 0 Å². The largest absolute Gasteiger partial charge is 0.506 e. The standard InChI is InChI=1S/C24H25F4N3O3/c1-4-7-16(8-5-2)14-23(31-22(33)29-3,20-12-11-18(32)15-30-20)17-9-6-10-19(13-17)34-24(27,28)21(25)26/h4-13,15,21,32H,1,14H2,2-3H3,(H2,29,31,33)/b8-5-,16-7+/t23-/m0/s1. The lowest BCUT2D eigenvalue weighted by Crippen LogP contribution is -2.50. The fourth-order valence-corrected chi connectivity index (χ4v) is 3.29. The first-order chi connectivity index (χ1) is 16.1. The summed E-state index contributed by atoms with van der Waals surface area (Å²) >= 11 is 0. The number of halogens is 4. The van der Waals surface area contributed by atoms with Crippen molar-refractivity contribution in [3.05, 3.63) is 90.3 Å². The molecule has 0 radical (unpaired) electrons. The van der Waals surface area contributed by atoms with Crippen molar-refractivity contribution in [1.29, 1.82) is 0 Å². The molecule has 1 atom stereocenters. The molecule has 10 heteroatoms. The van der Waals surface area contributed by atoms with Gasteiger partial charge in [-0.2, -0.15) is 17.6 Å². The van der Waals surface area contributed by atoms with Gasteiger partial charge in [0, 0.05) is 13.5 Å². The lowest BCUT2D eigenvalue weighted by atomic mass is 9.80. The first-order valence-corrected chi connectivity index (χ1v) is 10.1. The number of hydrogen-bond acceptors (Lipinski definition) is 4. The number of carbonyl (C=O) groups excluding carboxylic acids is 1. The van der Waals surface area contributed by atoms with Crippen LogP contribution < -0.4 is 15.4 Å². The maximum atomic E-state index is 13.6. The summed E-state index contributed by atoms with van der Waals surface area (Å²) in [7, 11) is 1.39. The lowest BCUT2D eigenvalue weighted by molar-refractivity contribution is -0.253. The lowest BCUT2D eigenvalue weighted by Gasteiger charge is -2.36. The summed E-state index contributed by atoms with van der Waals surface area (Å²) in [5.41, 5.74) is -0.350. The van der Waals surface area contributed by atoms with Gasteiger partial charge in [0.05, 0.1) is 11.9 Å². The van der Waals surface area contributed by atoms with Crippen molar-refractivity contribution < 1.29 is 32.2 Å². The van der Waals surface area contributed by atoms with Gasteiger partial charge < -0.3 is 20.5 Å². The van der Waals surface area contributed by atoms with Crippen LogP contribution in [0.2, 0.25) is 0 Å². The number of urea groups is 1. The number of pyridine rings is 1. The van der Waals surface area contributed by atoms with E-state index < -0.39 is 29.9 Å². The van der Waals surface area contributed by atoms with E-state index >= 15 is 0 Å². The number of nitrogens with zero attached hydrogens (tertiary/aromatic N) is 1. The molecule has 0 saturated carbocycles. The highest BCUT2D eigenvalue weighted by Gasteiger charge is 2.44. The Kier molecular flexibility index (Phi) is 8.83. The second-order valence-electron chi connectivity index (χ2n) is 7.16. The Hall–Kier alpha value is -3.82. The number of allylic oxidation sites excluding steroid dienone is 4. The Morgan fingerprint density at radius 2 is 2.03 bits per heavy atom. The number of benzene rings is 1. The number of ether oxygens (including phenoxy) is 1. The number of alkyl halides is 4. The van der Waals surface area contributed by atoms with Crippen LogP contribution in [-0.2, 0) is 5.54 Å². The van der Waals surface area contributed by atoms with Crippen molar-refractivity contribution in [2.45, 2.75) is 31.4 Å². The van der Waals surface area contributed by atoms with Gasteiger partial charge in [0.15, 0.2) is 0 Å². The number of hydrogen-bond donors (Lipinski definition) is 3. The minimum absolute atomic E-state index is 0.0588. The van der Waals surface area contributed by atoms with Gasteiger partial charge in [-0.25, -0.2) is 4.79 Å². The number of nitrogens with one attached hydrogen (secondary N) is 2. The van der Waals surface area contributed by atoms with E-state index in [9.17, 15) is 27.5 Å². The van der Waals surface area contributed by atoms with Crippen LogP contribution in [0.25, 0.3) is 0 Å². The van der Waals surface area contributed by atoms with Gasteiger partial charge in [0.25, 0.3) is 0 Å². The van der Waals surface area contributed by atoms with Gasteiger partial charge in [0.1, 0.15) is 17.0 Å². The predicted molar refractivity (Wildman–Crippen MR) is 120 cm³/mol. The molecule has 1 aromatic heterocycles. The number of amides is 2. The number of rotatable bonds is 10. The molecule has 0 unspecified atom stereocenters. The summed E-state index contributed by atoms with van der Waals surface area (Å²) in [6.45, 7) is 5.47. The molecule has 2 rings (SSSR count). The normalized spacial score (nSPS) is 14.0. The first-order valence-electron chi connectivity index (χ1n) is 10.1. The Balaban J connectivity index is 2.78. The van der Waals surface area contributed by atoms with Gasteiger partial charge in [-0.05, 0) is 42.3 Å². The van der Waals surface area contributed by atoms with E-state index in [1.807, 2.05) is 0 Å². The zero-order valence-corrected chi connectivity index (χ0v) is 18.6. The second kappa shape index (κ2) is 11.4. The number of aromatic hydroxyl groups is 1. The van der Waals surface area contributed by atoms with Crippen LogP contribution in [0.15, 0.2) is 79.1 Å². The summed E-state index contributed by atoms with van der Waals surface area (Å²) in [6, 6.07) is 7.24. The van der Waals surface area contributed by atoms with Crippen molar-refractivity contribution >= 4 is 6.03 Å². The fraction of sp³-hybridized carbons (Fsp3) is 0.250. The van der Waals surface area contributed by atoms with E-state index in [0.29, 0.717) is 5.57 Å². The van der Waals surface area contributed by atoms with Crippen LogP contribution in [0.3, 0.4) is 0 Å². The zero-order chi connectivity index (χ0) is 25.4. The summed E-state index contributed by atoms with van der Waals surface area (Å²) in [6.07, 6.45) is -0.804. The van der Waals surface area contributed by atoms with E-state index in [1.54, 1.807) is 25.2 Å². The summed E-state index contributed by atoms with van der Waals surface area (Å²) in [5, 5.41) is 15.0. The molecule has 0 aliphatic carbocycles. The highest BCUT2D eigenvalue weighted by atomic mass is 19.3. The third-order valence-electron chi connectivity index (χ3n) is 4.76. The first kappa shape index (κ1) is 26.4. The van der Waals surface area contributed by atoms with Crippen LogP contribution in [0, 0.1) is 0 Å². The molecule has 0 aliphatic rings. The van der Waals surface area contributed by atoms with Gasteiger partial charge in [-0.1, -0.05) is 43.0 Å². The molecule has 3 N–H and O–H groups in total. The summed E-state index contributed by atoms with van der Waals surface area (Å²) in [4.78, 5) is 16.8. The number of carbonyl (C=O) groups is 1. The van der Waals surface area contributed by atoms with Crippen molar-refractivity contribution in [2.75, 3.05) is 7.05 Å². The second-order valence-corrected chi connectivity index (χ2v) is 7.16. The average Bonchev–Trinajstić information content (AvgIpc) is 2.79. The summed E-state index contributed by atoms with van der Waals surface area (Å²) in [5.74, 6) is -0.675. The minimum Gasteiger partial charge on any atom is -0.506 e. The third-order valence-corrected chi connectivity index (χ3v) is 4.76. The monoisotopic (exact) mass is 479 g/mol. The Morgan fingerprint density at radius 1 is 1.29 bits per heavy atom. The molecular weight excluding hydrogens is 454 g/mol. The smallest absolute Gasteiger partial charge is 0.461 e. The Bertz CT molecular complexity index is 1060. The number of aromatic nitrogens is 1. The van der Waals surface area contributed by atoms with E-state index in [-0.39, 0.29) is 23.4 Å². The van der Waals surface area contributed by atoms with Crippen LogP contribution in [-0.4, -0.2) is 35.7 Å². The molecule has 0 spiro atoms. The van der Waals surface area contributed by atoms with E-state index in [4.69, 9.17) is 0 Å². The molecular formula is C24H25F4N3O3. The minimum atomic E-state index is -4.72. The van der Waals surface area contributed by atoms with Crippen molar-refractivity contribution in [1.82, 2.24) is 15.6 Å². The van der Waals surface area contributed by atoms with E-state index in [1.165, 1.54) is 37.4 Å². The van der Waals surface area contributed by atoms with E-state index in [2.05, 4.69) is 26.9 Å². The van der Waals surface area contributed by atoms with Gasteiger partial charge in [-0.3, -0.25) is 4.98 Å². The van der Waals surface area contributed by atoms with Crippen LogP contribution in [0.5, 0.6) is 11.5 Å². The van der Waals surface area contributed by atoms with Gasteiger partial charge in [0.2, 0.25) is 0 Å². The molecule has 0 bridgehead atoms. The average molecular weight is 479 g/mol. The quantitative estimate of drug-likeness (QED) is 0.320. The molecule has 1 heterocycles. The topological polar surface area (TPSA) is 83.5 Å². The predicted octanol–water partition coefficient (Wildman–Crippen LogP) is 5.28. The highest BCUT2D eigenvalue weighted by Crippen LogP contribution is 2.38. The van der Waals surface area contributed by atoms with Crippen LogP contribution in [0.1, 0.15) is 24.6 Å². The zero-order valence-electron chi connectivity index (χ0n) is 18.6. The van der Waals surface area contributed by atoms with Crippen LogP contribution in [0.4, 0.5) is 22.4 Å². The van der Waals surface area contributed by atoms with Gasteiger partial charge >= 0.3 is 18.6 Å². The van der Waals surface area contributed by atoms with Crippen molar-refractivity contribution in [3.63, 3.8) is 0 Å². The molecule has 6 nitrogen and oxygen atoms in total.